The Hall–Kier alpha value is -2.54. The topological polar surface area (TPSA) is 85.1 Å². The summed E-state index contributed by atoms with van der Waals surface area (Å²) in [4.78, 5) is 25.9. The van der Waals surface area contributed by atoms with Crippen molar-refractivity contribution in [2.24, 2.45) is 0 Å². The standard InChI is InChI=1S/C13H9ClFN3O3/c1-7-5-8(18(20)21)6-9(11(7)15)13(19)17-12-10(14)3-2-4-16-12/h2-6H,1H3,(H,16,17,19). The summed E-state index contributed by atoms with van der Waals surface area (Å²) in [5.74, 6) is -1.64. The van der Waals surface area contributed by atoms with E-state index >= 15 is 0 Å². The quantitative estimate of drug-likeness (QED) is 0.696. The molecule has 0 bridgehead atoms. The van der Waals surface area contributed by atoms with Gasteiger partial charge in [0.05, 0.1) is 15.5 Å². The maximum absolute atomic E-state index is 14.0. The van der Waals surface area contributed by atoms with E-state index in [1.165, 1.54) is 19.2 Å². The molecule has 21 heavy (non-hydrogen) atoms. The molecule has 0 saturated heterocycles. The molecule has 0 radical (unpaired) electrons. The number of halogens is 2. The zero-order valence-corrected chi connectivity index (χ0v) is 11.5. The van der Waals surface area contributed by atoms with E-state index in [-0.39, 0.29) is 22.1 Å². The minimum atomic E-state index is -0.861. The number of aryl methyl sites for hydroxylation is 1. The van der Waals surface area contributed by atoms with Gasteiger partial charge in [-0.15, -0.1) is 0 Å². The largest absolute Gasteiger partial charge is 0.305 e. The van der Waals surface area contributed by atoms with Crippen LogP contribution in [-0.2, 0) is 0 Å². The maximum atomic E-state index is 14.0. The van der Waals surface area contributed by atoms with E-state index in [9.17, 15) is 19.3 Å². The predicted molar refractivity (Wildman–Crippen MR) is 75.0 cm³/mol. The minimum absolute atomic E-state index is 0.00136. The van der Waals surface area contributed by atoms with Crippen molar-refractivity contribution in [3.63, 3.8) is 0 Å². The molecule has 8 heteroatoms. The molecular weight excluding hydrogens is 301 g/mol. The molecule has 1 N–H and O–H groups in total. The monoisotopic (exact) mass is 309 g/mol. The average Bonchev–Trinajstić information content (AvgIpc) is 2.43. The molecule has 0 unspecified atom stereocenters. The molecule has 0 aliphatic heterocycles. The first-order valence-electron chi connectivity index (χ1n) is 5.76. The fourth-order valence-electron chi connectivity index (χ4n) is 1.67. The number of non-ortho nitro benzene ring substituents is 1. The van der Waals surface area contributed by atoms with Gasteiger partial charge in [-0.25, -0.2) is 9.37 Å². The minimum Gasteiger partial charge on any atom is -0.305 e. The first-order chi connectivity index (χ1) is 9.90. The molecule has 0 saturated carbocycles. The molecule has 1 aromatic carbocycles. The van der Waals surface area contributed by atoms with Crippen molar-refractivity contribution in [2.75, 3.05) is 5.32 Å². The van der Waals surface area contributed by atoms with Crippen molar-refractivity contribution in [2.45, 2.75) is 6.92 Å². The molecule has 0 aliphatic carbocycles. The van der Waals surface area contributed by atoms with Gasteiger partial charge in [-0.2, -0.15) is 0 Å². The Labute approximate surface area is 123 Å². The van der Waals surface area contributed by atoms with Crippen LogP contribution in [0.1, 0.15) is 15.9 Å². The number of carbonyl (C=O) groups excluding carboxylic acids is 1. The SMILES string of the molecule is Cc1cc([N+](=O)[O-])cc(C(=O)Nc2ncccc2Cl)c1F. The van der Waals surface area contributed by atoms with E-state index in [2.05, 4.69) is 10.3 Å². The highest BCUT2D eigenvalue weighted by Gasteiger charge is 2.20. The first kappa shape index (κ1) is 14.9. The zero-order valence-electron chi connectivity index (χ0n) is 10.8. The van der Waals surface area contributed by atoms with Crippen LogP contribution >= 0.6 is 11.6 Å². The van der Waals surface area contributed by atoms with Crippen molar-refractivity contribution < 1.29 is 14.1 Å². The molecule has 1 amide bonds. The van der Waals surface area contributed by atoms with E-state index in [0.29, 0.717) is 0 Å². The van der Waals surface area contributed by atoms with Crippen LogP contribution in [0.5, 0.6) is 0 Å². The van der Waals surface area contributed by atoms with Gasteiger partial charge in [0.2, 0.25) is 0 Å². The normalized spacial score (nSPS) is 10.2. The van der Waals surface area contributed by atoms with E-state index in [4.69, 9.17) is 11.6 Å². The van der Waals surface area contributed by atoms with Gasteiger partial charge in [0.25, 0.3) is 11.6 Å². The van der Waals surface area contributed by atoms with Gasteiger partial charge in [-0.05, 0) is 24.6 Å². The van der Waals surface area contributed by atoms with Crippen molar-refractivity contribution >= 4 is 29.0 Å². The Kier molecular flexibility index (Phi) is 4.13. The molecule has 2 rings (SSSR count). The van der Waals surface area contributed by atoms with E-state index in [1.807, 2.05) is 0 Å². The van der Waals surface area contributed by atoms with Crippen molar-refractivity contribution in [1.29, 1.82) is 0 Å². The smallest absolute Gasteiger partial charge is 0.270 e. The van der Waals surface area contributed by atoms with Crippen LogP contribution < -0.4 is 5.32 Å². The Morgan fingerprint density at radius 3 is 2.81 bits per heavy atom. The third kappa shape index (κ3) is 3.14. The van der Waals surface area contributed by atoms with Crippen molar-refractivity contribution in [3.05, 3.63) is 62.5 Å². The van der Waals surface area contributed by atoms with Crippen LogP contribution in [0.15, 0.2) is 30.5 Å². The number of nitro benzene ring substituents is 1. The number of nitro groups is 1. The number of anilines is 1. The summed E-state index contributed by atoms with van der Waals surface area (Å²) >= 11 is 5.83. The molecular formula is C13H9ClFN3O3. The number of carbonyl (C=O) groups is 1. The van der Waals surface area contributed by atoms with Gasteiger partial charge in [-0.3, -0.25) is 14.9 Å². The van der Waals surface area contributed by atoms with Crippen LogP contribution in [0.25, 0.3) is 0 Å². The summed E-state index contributed by atoms with van der Waals surface area (Å²) in [6.07, 6.45) is 1.40. The summed E-state index contributed by atoms with van der Waals surface area (Å²) in [5, 5.41) is 13.3. The number of aromatic nitrogens is 1. The number of pyridine rings is 1. The number of hydrogen-bond donors (Lipinski definition) is 1. The van der Waals surface area contributed by atoms with Crippen molar-refractivity contribution in [3.8, 4) is 0 Å². The molecule has 0 atom stereocenters. The van der Waals surface area contributed by atoms with Gasteiger partial charge >= 0.3 is 0 Å². The highest BCUT2D eigenvalue weighted by atomic mass is 35.5. The van der Waals surface area contributed by atoms with Gasteiger partial charge in [-0.1, -0.05) is 11.6 Å². The lowest BCUT2D eigenvalue weighted by atomic mass is 10.1. The number of nitrogens with one attached hydrogen (secondary N) is 1. The predicted octanol–water partition coefficient (Wildman–Crippen LogP) is 3.34. The molecule has 0 aliphatic rings. The molecule has 1 aromatic heterocycles. The Balaban J connectivity index is 2.39. The molecule has 2 aromatic rings. The molecule has 1 heterocycles. The summed E-state index contributed by atoms with van der Waals surface area (Å²) in [7, 11) is 0. The first-order valence-corrected chi connectivity index (χ1v) is 6.14. The second kappa shape index (κ2) is 5.84. The molecule has 0 fully saturated rings. The zero-order chi connectivity index (χ0) is 15.6. The fraction of sp³-hybridized carbons (Fsp3) is 0.0769. The van der Waals surface area contributed by atoms with Crippen LogP contribution in [0.4, 0.5) is 15.9 Å². The molecule has 108 valence electrons. The lowest BCUT2D eigenvalue weighted by Gasteiger charge is -2.08. The Bertz CT molecular complexity index is 737. The van der Waals surface area contributed by atoms with E-state index in [1.54, 1.807) is 6.07 Å². The summed E-state index contributed by atoms with van der Waals surface area (Å²) in [6, 6.07) is 4.99. The third-order valence-electron chi connectivity index (χ3n) is 2.69. The highest BCUT2D eigenvalue weighted by Crippen LogP contribution is 2.23. The third-order valence-corrected chi connectivity index (χ3v) is 2.99. The van der Waals surface area contributed by atoms with Gasteiger partial charge < -0.3 is 5.32 Å². The number of benzene rings is 1. The second-order valence-corrected chi connectivity index (χ2v) is 4.58. The number of amides is 1. The number of nitrogens with zero attached hydrogens (tertiary/aromatic N) is 2. The van der Waals surface area contributed by atoms with Gasteiger partial charge in [0.15, 0.2) is 5.82 Å². The molecule has 6 nitrogen and oxygen atoms in total. The maximum Gasteiger partial charge on any atom is 0.270 e. The van der Waals surface area contributed by atoms with Crippen LogP contribution in [-0.4, -0.2) is 15.8 Å². The lowest BCUT2D eigenvalue weighted by molar-refractivity contribution is -0.385. The second-order valence-electron chi connectivity index (χ2n) is 4.17. The molecule has 0 spiro atoms. The van der Waals surface area contributed by atoms with E-state index < -0.39 is 22.2 Å². The van der Waals surface area contributed by atoms with Crippen LogP contribution in [0, 0.1) is 22.9 Å². The average molecular weight is 310 g/mol. The van der Waals surface area contributed by atoms with Crippen LogP contribution in [0.3, 0.4) is 0 Å². The summed E-state index contributed by atoms with van der Waals surface area (Å²) in [6.45, 7) is 1.34. The Morgan fingerprint density at radius 1 is 1.48 bits per heavy atom. The van der Waals surface area contributed by atoms with Crippen LogP contribution in [0.2, 0.25) is 5.02 Å². The lowest BCUT2D eigenvalue weighted by Crippen LogP contribution is -2.16. The van der Waals surface area contributed by atoms with E-state index in [0.717, 1.165) is 12.1 Å². The highest BCUT2D eigenvalue weighted by molar-refractivity contribution is 6.33. The Morgan fingerprint density at radius 2 is 2.19 bits per heavy atom. The van der Waals surface area contributed by atoms with Gasteiger partial charge in [0.1, 0.15) is 5.82 Å². The van der Waals surface area contributed by atoms with Gasteiger partial charge in [0, 0.05) is 18.3 Å². The number of hydrogen-bond acceptors (Lipinski definition) is 4. The fourth-order valence-corrected chi connectivity index (χ4v) is 1.84. The van der Waals surface area contributed by atoms with Crippen molar-refractivity contribution in [1.82, 2.24) is 4.98 Å². The summed E-state index contributed by atoms with van der Waals surface area (Å²) in [5.41, 5.74) is -0.809. The summed E-state index contributed by atoms with van der Waals surface area (Å²) < 4.78 is 14.0. The number of rotatable bonds is 3.